The zero-order chi connectivity index (χ0) is 33.1. The van der Waals surface area contributed by atoms with Gasteiger partial charge in [-0.15, -0.1) is 0 Å². The van der Waals surface area contributed by atoms with Gasteiger partial charge in [-0.1, -0.05) is 39.0 Å². The number of imidazole rings is 1. The molecule has 15 heteroatoms. The second-order valence-electron chi connectivity index (χ2n) is 10.9. The van der Waals surface area contributed by atoms with Gasteiger partial charge in [-0.05, 0) is 41.3 Å². The maximum atomic E-state index is 15.0. The SMILES string of the molecule is CC(C)(C)[C@H](NC(=O)c1ccc(-c2cnc3ncc(Cc4ccc5ncccc5c4)n3n2)cc1F)C(=O)O.O=C(O)C(F)(F)F. The number of pyridine rings is 1. The van der Waals surface area contributed by atoms with E-state index in [4.69, 9.17) is 9.90 Å². The number of hydrogen-bond donors (Lipinski definition) is 3. The van der Waals surface area contributed by atoms with Crippen LogP contribution in [0.2, 0.25) is 0 Å². The molecule has 0 spiro atoms. The highest BCUT2D eigenvalue weighted by Crippen LogP contribution is 2.24. The largest absolute Gasteiger partial charge is 0.490 e. The fourth-order valence-electron chi connectivity index (χ4n) is 4.23. The first kappa shape index (κ1) is 32.4. The van der Waals surface area contributed by atoms with Gasteiger partial charge in [-0.2, -0.15) is 18.3 Å². The standard InChI is InChI=1S/C28H25FN6O3.C2HF3O2/c1-28(2,3)24(26(37)38)33-25(36)20-8-7-18(13-21(20)29)23-15-32-27-31-14-19(35(27)34-23)12-16-6-9-22-17(11-16)5-4-10-30-22;3-2(4,5)1(6)7/h4-11,13-15,24H,12H2,1-3H3,(H,33,36)(H,37,38);(H,6,7)/t24-;/m1./s1. The Balaban J connectivity index is 0.000000591. The Labute approximate surface area is 252 Å². The van der Waals surface area contributed by atoms with Crippen LogP contribution in [0, 0.1) is 11.2 Å². The van der Waals surface area contributed by atoms with Crippen molar-refractivity contribution in [2.75, 3.05) is 0 Å². The van der Waals surface area contributed by atoms with Crippen molar-refractivity contribution in [3.8, 4) is 11.3 Å². The molecule has 0 bridgehead atoms. The summed E-state index contributed by atoms with van der Waals surface area (Å²) in [6, 6.07) is 12.8. The molecule has 45 heavy (non-hydrogen) atoms. The van der Waals surface area contributed by atoms with Gasteiger partial charge in [0.2, 0.25) is 0 Å². The Kier molecular flexibility index (Phi) is 9.11. The summed E-state index contributed by atoms with van der Waals surface area (Å²) in [5, 5.41) is 24.6. The number of alkyl halides is 3. The van der Waals surface area contributed by atoms with Crippen molar-refractivity contribution >= 4 is 34.5 Å². The molecule has 0 saturated carbocycles. The van der Waals surface area contributed by atoms with Crippen LogP contribution in [-0.2, 0) is 16.0 Å². The van der Waals surface area contributed by atoms with Crippen LogP contribution in [0.1, 0.15) is 42.4 Å². The van der Waals surface area contributed by atoms with Gasteiger partial charge in [0.25, 0.3) is 11.7 Å². The number of rotatable bonds is 6. The average Bonchev–Trinajstić information content (AvgIpc) is 3.36. The van der Waals surface area contributed by atoms with Gasteiger partial charge in [0.1, 0.15) is 17.6 Å². The lowest BCUT2D eigenvalue weighted by atomic mass is 9.86. The molecule has 3 N–H and O–H groups in total. The molecule has 234 valence electrons. The third-order valence-corrected chi connectivity index (χ3v) is 6.49. The first-order valence-electron chi connectivity index (χ1n) is 13.2. The Morgan fingerprint density at radius 3 is 2.27 bits per heavy atom. The van der Waals surface area contributed by atoms with E-state index in [0.717, 1.165) is 22.2 Å². The van der Waals surface area contributed by atoms with Crippen LogP contribution in [0.15, 0.2) is 67.1 Å². The molecule has 0 radical (unpaired) electrons. The van der Waals surface area contributed by atoms with Crippen LogP contribution in [0.25, 0.3) is 27.9 Å². The van der Waals surface area contributed by atoms with Crippen molar-refractivity contribution < 1.29 is 42.2 Å². The lowest BCUT2D eigenvalue weighted by Crippen LogP contribution is -2.49. The number of halogens is 4. The normalized spacial score (nSPS) is 12.3. The zero-order valence-electron chi connectivity index (χ0n) is 24.0. The summed E-state index contributed by atoms with van der Waals surface area (Å²) in [4.78, 5) is 46.2. The third kappa shape index (κ3) is 7.74. The van der Waals surface area contributed by atoms with Crippen molar-refractivity contribution in [1.82, 2.24) is 29.9 Å². The molecule has 2 aromatic carbocycles. The first-order chi connectivity index (χ1) is 21.0. The topological polar surface area (TPSA) is 160 Å². The van der Waals surface area contributed by atoms with E-state index in [-0.39, 0.29) is 5.56 Å². The Morgan fingerprint density at radius 2 is 1.64 bits per heavy atom. The summed E-state index contributed by atoms with van der Waals surface area (Å²) >= 11 is 0. The number of nitrogens with zero attached hydrogens (tertiary/aromatic N) is 5. The molecule has 0 fully saturated rings. The molecule has 1 atom stereocenters. The van der Waals surface area contributed by atoms with Crippen molar-refractivity contribution in [2.45, 2.75) is 39.4 Å². The van der Waals surface area contributed by atoms with Gasteiger partial charge >= 0.3 is 18.1 Å². The van der Waals surface area contributed by atoms with E-state index in [0.29, 0.717) is 23.5 Å². The van der Waals surface area contributed by atoms with Crippen LogP contribution in [-0.4, -0.2) is 64.8 Å². The highest BCUT2D eigenvalue weighted by molar-refractivity contribution is 5.97. The minimum atomic E-state index is -5.08. The second kappa shape index (κ2) is 12.6. The summed E-state index contributed by atoms with van der Waals surface area (Å²) in [6.45, 7) is 5.05. The number of hydrogen-bond acceptors (Lipinski definition) is 7. The van der Waals surface area contributed by atoms with E-state index in [1.165, 1.54) is 18.3 Å². The number of aliphatic carboxylic acids is 2. The number of nitrogens with one attached hydrogen (secondary N) is 1. The number of amides is 1. The van der Waals surface area contributed by atoms with Crippen molar-refractivity contribution in [1.29, 1.82) is 0 Å². The smallest absolute Gasteiger partial charge is 0.480 e. The van der Waals surface area contributed by atoms with Crippen LogP contribution >= 0.6 is 0 Å². The van der Waals surface area contributed by atoms with Gasteiger partial charge in [0.05, 0.1) is 29.2 Å². The summed E-state index contributed by atoms with van der Waals surface area (Å²) in [6.07, 6.45) is 0.414. The highest BCUT2D eigenvalue weighted by atomic mass is 19.4. The van der Waals surface area contributed by atoms with Crippen LogP contribution in [0.5, 0.6) is 0 Å². The summed E-state index contributed by atoms with van der Waals surface area (Å²) in [5.74, 6) is -5.14. The predicted molar refractivity (Wildman–Crippen MR) is 153 cm³/mol. The van der Waals surface area contributed by atoms with E-state index < -0.39 is 41.3 Å². The molecule has 11 nitrogen and oxygen atoms in total. The van der Waals surface area contributed by atoms with Crippen molar-refractivity contribution in [3.63, 3.8) is 0 Å². The molecule has 5 aromatic rings. The van der Waals surface area contributed by atoms with Crippen molar-refractivity contribution in [2.24, 2.45) is 5.41 Å². The zero-order valence-corrected chi connectivity index (χ0v) is 24.0. The molecule has 3 aromatic heterocycles. The molecule has 1 amide bonds. The first-order valence-corrected chi connectivity index (χ1v) is 13.2. The minimum absolute atomic E-state index is 0.257. The van der Waals surface area contributed by atoms with Gasteiger partial charge in [0.15, 0.2) is 0 Å². The summed E-state index contributed by atoms with van der Waals surface area (Å²) in [7, 11) is 0. The lowest BCUT2D eigenvalue weighted by Gasteiger charge is -2.27. The Hall–Kier alpha value is -5.47. The number of aromatic nitrogens is 5. The molecule has 0 saturated heterocycles. The highest BCUT2D eigenvalue weighted by Gasteiger charge is 2.38. The minimum Gasteiger partial charge on any atom is -0.480 e. The summed E-state index contributed by atoms with van der Waals surface area (Å²) < 4.78 is 48.4. The van der Waals surface area contributed by atoms with Gasteiger partial charge in [-0.3, -0.25) is 9.78 Å². The van der Waals surface area contributed by atoms with Gasteiger partial charge in [0, 0.05) is 23.6 Å². The fraction of sp³-hybridized carbons (Fsp3) is 0.233. The molecular formula is C30H26F4N6O5. The maximum absolute atomic E-state index is 15.0. The molecule has 3 heterocycles. The number of carboxylic acid groups (broad SMARTS) is 2. The van der Waals surface area contributed by atoms with E-state index in [1.54, 1.807) is 43.7 Å². The predicted octanol–water partition coefficient (Wildman–Crippen LogP) is 4.93. The molecule has 0 unspecified atom stereocenters. The molecular weight excluding hydrogens is 600 g/mol. The molecule has 0 aliphatic rings. The fourth-order valence-corrected chi connectivity index (χ4v) is 4.23. The molecule has 0 aliphatic heterocycles. The van der Waals surface area contributed by atoms with Crippen molar-refractivity contribution in [3.05, 3.63) is 89.8 Å². The van der Waals surface area contributed by atoms with Crippen LogP contribution in [0.4, 0.5) is 17.6 Å². The van der Waals surface area contributed by atoms with E-state index in [9.17, 15) is 27.9 Å². The van der Waals surface area contributed by atoms with Crippen LogP contribution in [0.3, 0.4) is 0 Å². The number of carbonyl (C=O) groups is 3. The van der Waals surface area contributed by atoms with E-state index >= 15 is 4.39 Å². The number of carboxylic acids is 2. The van der Waals surface area contributed by atoms with Gasteiger partial charge < -0.3 is 15.5 Å². The monoisotopic (exact) mass is 626 g/mol. The second-order valence-corrected chi connectivity index (χ2v) is 10.9. The number of benzene rings is 2. The number of carbonyl (C=O) groups excluding carboxylic acids is 1. The Morgan fingerprint density at radius 1 is 0.956 bits per heavy atom. The van der Waals surface area contributed by atoms with Crippen LogP contribution < -0.4 is 5.32 Å². The quantitative estimate of drug-likeness (QED) is 0.222. The van der Waals surface area contributed by atoms with E-state index in [1.807, 2.05) is 24.3 Å². The third-order valence-electron chi connectivity index (χ3n) is 6.49. The molecule has 5 rings (SSSR count). The average molecular weight is 627 g/mol. The summed E-state index contributed by atoms with van der Waals surface area (Å²) in [5.41, 5.74) is 2.56. The molecule has 0 aliphatic carbocycles. The van der Waals surface area contributed by atoms with Gasteiger partial charge in [-0.25, -0.2) is 28.5 Å². The Bertz CT molecular complexity index is 1900. The maximum Gasteiger partial charge on any atom is 0.490 e. The van der Waals surface area contributed by atoms with E-state index in [2.05, 4.69) is 31.4 Å². The lowest BCUT2D eigenvalue weighted by molar-refractivity contribution is -0.192. The number of fused-ring (bicyclic) bond motifs is 2.